The smallest absolute Gasteiger partial charge is 0.258 e. The van der Waals surface area contributed by atoms with E-state index < -0.39 is 21.1 Å². The van der Waals surface area contributed by atoms with Gasteiger partial charge in [0.05, 0.1) is 15.9 Å². The minimum absolute atomic E-state index is 0.0513. The van der Waals surface area contributed by atoms with E-state index in [2.05, 4.69) is 0 Å². The summed E-state index contributed by atoms with van der Waals surface area (Å²) in [6.07, 6.45) is -0.828. The standard InChI is InChI=1S/C15H15NO5S/c1-11-6-8-15(9-7-11)22(19,20)21-12(2)13-4-3-5-14(10-13)16(17)18/h3-10,12H,1-2H3/i19+2,20+2. The van der Waals surface area contributed by atoms with Crippen LogP contribution >= 0.6 is 0 Å². The van der Waals surface area contributed by atoms with E-state index in [-0.39, 0.29) is 10.6 Å². The number of nitro groups is 1. The maximum Gasteiger partial charge on any atom is 0.297 e. The first-order valence-electron chi connectivity index (χ1n) is 6.54. The summed E-state index contributed by atoms with van der Waals surface area (Å²) in [6.45, 7) is 3.38. The number of rotatable bonds is 5. The number of nitrogens with zero attached hydrogens (tertiary/aromatic N) is 1. The molecule has 0 saturated heterocycles. The van der Waals surface area contributed by atoms with Crippen LogP contribution in [0.4, 0.5) is 5.69 Å². The molecule has 116 valence electrons. The predicted molar refractivity (Wildman–Crippen MR) is 81.0 cm³/mol. The quantitative estimate of drug-likeness (QED) is 0.364. The molecule has 0 radical (unpaired) electrons. The summed E-state index contributed by atoms with van der Waals surface area (Å²) < 4.78 is 29.5. The molecular formula is C15H15NO5S. The molecule has 0 bridgehead atoms. The molecule has 0 aliphatic carbocycles. The van der Waals surface area contributed by atoms with Crippen LogP contribution in [0.15, 0.2) is 53.4 Å². The van der Waals surface area contributed by atoms with E-state index in [0.29, 0.717) is 5.56 Å². The van der Waals surface area contributed by atoms with E-state index in [9.17, 15) is 18.5 Å². The fraction of sp³-hybridized carbons (Fsp3) is 0.200. The monoisotopic (exact) mass is 325 g/mol. The maximum atomic E-state index is 12.2. The Labute approximate surface area is 128 Å². The largest absolute Gasteiger partial charge is 0.297 e. The van der Waals surface area contributed by atoms with Gasteiger partial charge in [-0.25, -0.2) is 0 Å². The van der Waals surface area contributed by atoms with Crippen molar-refractivity contribution >= 4 is 15.8 Å². The van der Waals surface area contributed by atoms with E-state index in [4.69, 9.17) is 4.18 Å². The molecular weight excluding hydrogens is 310 g/mol. The van der Waals surface area contributed by atoms with Crippen molar-refractivity contribution < 1.29 is 17.5 Å². The molecule has 2 rings (SSSR count). The molecule has 0 spiro atoms. The van der Waals surface area contributed by atoms with Gasteiger partial charge in [-0.2, -0.15) is 8.42 Å². The molecule has 1 unspecified atom stereocenters. The fourth-order valence-corrected chi connectivity index (χ4v) is 2.97. The molecule has 0 N–H and O–H groups in total. The van der Waals surface area contributed by atoms with Crippen molar-refractivity contribution in [3.05, 3.63) is 69.8 Å². The van der Waals surface area contributed by atoms with Crippen molar-refractivity contribution in [1.82, 2.24) is 0 Å². The average Bonchev–Trinajstić information content (AvgIpc) is 2.47. The lowest BCUT2D eigenvalue weighted by Gasteiger charge is -2.13. The number of aryl methyl sites for hydroxylation is 1. The second kappa shape index (κ2) is 6.25. The van der Waals surface area contributed by atoms with Crippen molar-refractivity contribution in [1.29, 1.82) is 0 Å². The Hall–Kier alpha value is -2.25. The third-order valence-electron chi connectivity index (χ3n) is 3.13. The third kappa shape index (κ3) is 3.69. The van der Waals surface area contributed by atoms with E-state index in [1.165, 1.54) is 37.3 Å². The second-order valence-corrected chi connectivity index (χ2v) is 6.43. The first-order valence-corrected chi connectivity index (χ1v) is 7.95. The van der Waals surface area contributed by atoms with Crippen LogP contribution in [0, 0.1) is 17.0 Å². The molecule has 0 saturated carbocycles. The minimum Gasteiger partial charge on any atom is -0.258 e. The Balaban J connectivity index is 2.24. The summed E-state index contributed by atoms with van der Waals surface area (Å²) >= 11 is 0. The fourth-order valence-electron chi connectivity index (χ4n) is 1.90. The molecule has 0 aliphatic heterocycles. The normalized spacial score (nSPS) is 12.8. The SMILES string of the molecule is Cc1ccc(S(=[18O])(=[18O])OC(C)c2cccc([N+](=O)[O-])c2)cc1. The lowest BCUT2D eigenvalue weighted by molar-refractivity contribution is -0.385. The van der Waals surface area contributed by atoms with Gasteiger partial charge in [-0.3, -0.25) is 14.3 Å². The lowest BCUT2D eigenvalue weighted by Crippen LogP contribution is -2.10. The Morgan fingerprint density at radius 1 is 1.18 bits per heavy atom. The zero-order valence-electron chi connectivity index (χ0n) is 12.1. The molecule has 0 aromatic heterocycles. The topological polar surface area (TPSA) is 86.5 Å². The van der Waals surface area contributed by atoms with Gasteiger partial charge in [0.15, 0.2) is 0 Å². The van der Waals surface area contributed by atoms with Gasteiger partial charge < -0.3 is 0 Å². The Morgan fingerprint density at radius 3 is 2.41 bits per heavy atom. The zero-order chi connectivity index (χ0) is 16.3. The maximum absolute atomic E-state index is 12.2. The molecule has 0 heterocycles. The van der Waals surface area contributed by atoms with Crippen LogP contribution < -0.4 is 0 Å². The molecule has 0 amide bonds. The van der Waals surface area contributed by atoms with Crippen LogP contribution in [-0.4, -0.2) is 13.3 Å². The Bertz CT molecular complexity index is 784. The van der Waals surface area contributed by atoms with E-state index in [1.807, 2.05) is 6.92 Å². The van der Waals surface area contributed by atoms with Crippen LogP contribution in [0.3, 0.4) is 0 Å². The van der Waals surface area contributed by atoms with Crippen molar-refractivity contribution in [2.24, 2.45) is 0 Å². The molecule has 0 aliphatic rings. The van der Waals surface area contributed by atoms with Gasteiger partial charge in [0, 0.05) is 12.1 Å². The molecule has 2 aromatic carbocycles. The van der Waals surface area contributed by atoms with Crippen LogP contribution in [0.25, 0.3) is 0 Å². The summed E-state index contributed by atoms with van der Waals surface area (Å²) in [6, 6.07) is 12.0. The molecule has 2 aromatic rings. The summed E-state index contributed by atoms with van der Waals surface area (Å²) in [5.41, 5.74) is 1.25. The van der Waals surface area contributed by atoms with Crippen molar-refractivity contribution in [3.63, 3.8) is 0 Å². The van der Waals surface area contributed by atoms with Crippen molar-refractivity contribution in [2.45, 2.75) is 24.8 Å². The van der Waals surface area contributed by atoms with Crippen LogP contribution in [-0.2, 0) is 14.3 Å². The van der Waals surface area contributed by atoms with Crippen LogP contribution in [0.1, 0.15) is 24.2 Å². The van der Waals surface area contributed by atoms with Gasteiger partial charge in [0.1, 0.15) is 0 Å². The van der Waals surface area contributed by atoms with Gasteiger partial charge in [-0.1, -0.05) is 29.8 Å². The summed E-state index contributed by atoms with van der Waals surface area (Å²) in [7, 11) is -3.93. The van der Waals surface area contributed by atoms with E-state index in [0.717, 1.165) is 5.56 Å². The Morgan fingerprint density at radius 2 is 1.82 bits per heavy atom. The highest BCUT2D eigenvalue weighted by Gasteiger charge is 2.21. The number of non-ortho nitro benzene ring substituents is 1. The Kier molecular flexibility index (Phi) is 4.58. The summed E-state index contributed by atoms with van der Waals surface area (Å²) in [4.78, 5) is 10.3. The van der Waals surface area contributed by atoms with Gasteiger partial charge in [-0.05, 0) is 31.5 Å². The first kappa shape index (κ1) is 16.1. The highest BCUT2D eigenvalue weighted by Crippen LogP contribution is 2.26. The van der Waals surface area contributed by atoms with E-state index in [1.54, 1.807) is 18.2 Å². The summed E-state index contributed by atoms with van der Waals surface area (Å²) in [5, 5.41) is 10.8. The van der Waals surface area contributed by atoms with Gasteiger partial charge in [0.25, 0.3) is 15.8 Å². The first-order chi connectivity index (χ1) is 10.3. The molecule has 0 fully saturated rings. The lowest BCUT2D eigenvalue weighted by atomic mass is 10.1. The van der Waals surface area contributed by atoms with E-state index >= 15 is 0 Å². The van der Waals surface area contributed by atoms with Crippen LogP contribution in [0.2, 0.25) is 0 Å². The highest BCUT2D eigenvalue weighted by molar-refractivity contribution is 7.86. The summed E-state index contributed by atoms with van der Waals surface area (Å²) in [5.74, 6) is 0. The average molecular weight is 325 g/mol. The second-order valence-electron chi connectivity index (χ2n) is 4.86. The molecule has 7 heteroatoms. The number of hydrogen-bond donors (Lipinski definition) is 0. The third-order valence-corrected chi connectivity index (χ3v) is 4.52. The van der Waals surface area contributed by atoms with Gasteiger partial charge >= 0.3 is 0 Å². The number of hydrogen-bond acceptors (Lipinski definition) is 5. The predicted octanol–water partition coefficient (Wildman–Crippen LogP) is 3.37. The minimum atomic E-state index is -3.93. The number of nitro benzene ring substituents is 1. The molecule has 1 atom stereocenters. The van der Waals surface area contributed by atoms with Gasteiger partial charge in [-0.15, -0.1) is 0 Å². The molecule has 22 heavy (non-hydrogen) atoms. The number of benzene rings is 2. The van der Waals surface area contributed by atoms with Gasteiger partial charge in [0.2, 0.25) is 0 Å². The zero-order valence-corrected chi connectivity index (χ0v) is 12.9. The van der Waals surface area contributed by atoms with Crippen molar-refractivity contribution in [2.75, 3.05) is 0 Å². The highest BCUT2D eigenvalue weighted by atomic mass is 32.2. The molecule has 6 nitrogen and oxygen atoms in total. The van der Waals surface area contributed by atoms with Crippen molar-refractivity contribution in [3.8, 4) is 0 Å². The van der Waals surface area contributed by atoms with Crippen LogP contribution in [0.5, 0.6) is 0 Å².